The molecule has 0 heterocycles. The van der Waals surface area contributed by atoms with Crippen LogP contribution in [0.25, 0.3) is 0 Å². The molecule has 1 aromatic carbocycles. The van der Waals surface area contributed by atoms with E-state index in [2.05, 4.69) is 46.3 Å². The SMILES string of the molecule is ClC1C=C(Cc2ccc(Br)cc2)CCCC1. The Hall–Kier alpha value is -0.270. The van der Waals surface area contributed by atoms with E-state index >= 15 is 0 Å². The van der Waals surface area contributed by atoms with Crippen molar-refractivity contribution in [1.29, 1.82) is 0 Å². The minimum absolute atomic E-state index is 0.243. The molecule has 1 aromatic rings. The van der Waals surface area contributed by atoms with Gasteiger partial charge in [0.05, 0.1) is 5.38 Å². The summed E-state index contributed by atoms with van der Waals surface area (Å²) in [5, 5.41) is 0.243. The summed E-state index contributed by atoms with van der Waals surface area (Å²) in [5.74, 6) is 0. The fourth-order valence-corrected chi connectivity index (χ4v) is 2.72. The maximum Gasteiger partial charge on any atom is 0.0518 e. The van der Waals surface area contributed by atoms with E-state index in [4.69, 9.17) is 11.6 Å². The topological polar surface area (TPSA) is 0 Å². The van der Waals surface area contributed by atoms with Gasteiger partial charge in [0.15, 0.2) is 0 Å². The van der Waals surface area contributed by atoms with Gasteiger partial charge in [0.25, 0.3) is 0 Å². The van der Waals surface area contributed by atoms with Gasteiger partial charge in [-0.05, 0) is 43.4 Å². The van der Waals surface area contributed by atoms with Gasteiger partial charge in [-0.25, -0.2) is 0 Å². The van der Waals surface area contributed by atoms with E-state index < -0.39 is 0 Å². The molecule has 0 nitrogen and oxygen atoms in total. The maximum absolute atomic E-state index is 6.22. The number of allylic oxidation sites excluding steroid dienone is 2. The van der Waals surface area contributed by atoms with Crippen molar-refractivity contribution in [3.63, 3.8) is 0 Å². The number of hydrogen-bond donors (Lipinski definition) is 0. The molecule has 0 radical (unpaired) electrons. The van der Waals surface area contributed by atoms with E-state index in [1.54, 1.807) is 0 Å². The van der Waals surface area contributed by atoms with Crippen molar-refractivity contribution in [3.8, 4) is 0 Å². The lowest BCUT2D eigenvalue weighted by molar-refractivity contribution is 0.710. The molecule has 1 atom stereocenters. The second-order valence-electron chi connectivity index (χ2n) is 4.39. The molecule has 0 amide bonds. The monoisotopic (exact) mass is 298 g/mol. The van der Waals surface area contributed by atoms with Crippen molar-refractivity contribution in [3.05, 3.63) is 46.0 Å². The molecule has 2 heteroatoms. The highest BCUT2D eigenvalue weighted by Gasteiger charge is 2.09. The first-order chi connectivity index (χ1) is 7.74. The molecular formula is C14H16BrCl. The van der Waals surface area contributed by atoms with Crippen LogP contribution in [0.5, 0.6) is 0 Å². The average molecular weight is 300 g/mol. The molecule has 0 aromatic heterocycles. The van der Waals surface area contributed by atoms with Crippen LogP contribution in [-0.4, -0.2) is 5.38 Å². The van der Waals surface area contributed by atoms with Gasteiger partial charge in [-0.1, -0.05) is 46.1 Å². The summed E-state index contributed by atoms with van der Waals surface area (Å²) in [7, 11) is 0. The van der Waals surface area contributed by atoms with Crippen LogP contribution in [0.1, 0.15) is 31.2 Å². The molecule has 0 spiro atoms. The second kappa shape index (κ2) is 5.88. The van der Waals surface area contributed by atoms with Crippen LogP contribution >= 0.6 is 27.5 Å². The zero-order valence-electron chi connectivity index (χ0n) is 9.26. The molecule has 86 valence electrons. The fourth-order valence-electron chi connectivity index (χ4n) is 2.13. The molecule has 0 saturated heterocycles. The van der Waals surface area contributed by atoms with Crippen LogP contribution in [-0.2, 0) is 6.42 Å². The van der Waals surface area contributed by atoms with E-state index in [9.17, 15) is 0 Å². The Kier molecular flexibility index (Phi) is 4.48. The Balaban J connectivity index is 2.05. The van der Waals surface area contributed by atoms with Crippen molar-refractivity contribution in [2.75, 3.05) is 0 Å². The molecule has 0 aliphatic heterocycles. The lowest BCUT2D eigenvalue weighted by Gasteiger charge is -2.06. The van der Waals surface area contributed by atoms with Crippen molar-refractivity contribution in [2.45, 2.75) is 37.5 Å². The molecule has 0 fully saturated rings. The van der Waals surface area contributed by atoms with Crippen LogP contribution in [0.2, 0.25) is 0 Å². The molecule has 16 heavy (non-hydrogen) atoms. The van der Waals surface area contributed by atoms with Crippen LogP contribution in [0.15, 0.2) is 40.4 Å². The van der Waals surface area contributed by atoms with Gasteiger partial charge < -0.3 is 0 Å². The number of hydrogen-bond acceptors (Lipinski definition) is 0. The quantitative estimate of drug-likeness (QED) is 0.526. The van der Waals surface area contributed by atoms with Crippen LogP contribution in [0.3, 0.4) is 0 Å². The third-order valence-corrected chi connectivity index (χ3v) is 3.86. The third kappa shape index (κ3) is 3.64. The standard InChI is InChI=1S/C14H16BrCl/c15-13-7-5-11(6-8-13)9-12-3-1-2-4-14(16)10-12/h5-8,10,14H,1-4,9H2. The van der Waals surface area contributed by atoms with E-state index in [0.29, 0.717) is 0 Å². The summed E-state index contributed by atoms with van der Waals surface area (Å²) in [6.07, 6.45) is 8.19. The summed E-state index contributed by atoms with van der Waals surface area (Å²) in [5.41, 5.74) is 2.88. The Labute approximate surface area is 111 Å². The van der Waals surface area contributed by atoms with Crippen molar-refractivity contribution < 1.29 is 0 Å². The van der Waals surface area contributed by atoms with Crippen LogP contribution < -0.4 is 0 Å². The molecule has 2 rings (SSSR count). The second-order valence-corrected chi connectivity index (χ2v) is 5.87. The van der Waals surface area contributed by atoms with Gasteiger partial charge in [-0.3, -0.25) is 0 Å². The minimum Gasteiger partial charge on any atom is -0.118 e. The Morgan fingerprint density at radius 2 is 1.94 bits per heavy atom. The van der Waals surface area contributed by atoms with E-state index in [-0.39, 0.29) is 5.38 Å². The van der Waals surface area contributed by atoms with Gasteiger partial charge in [-0.2, -0.15) is 0 Å². The average Bonchev–Trinajstić information content (AvgIpc) is 2.46. The molecular weight excluding hydrogens is 284 g/mol. The number of benzene rings is 1. The highest BCUT2D eigenvalue weighted by Crippen LogP contribution is 2.24. The Morgan fingerprint density at radius 3 is 2.69 bits per heavy atom. The summed E-state index contributed by atoms with van der Waals surface area (Å²) in [4.78, 5) is 0. The zero-order valence-corrected chi connectivity index (χ0v) is 11.6. The maximum atomic E-state index is 6.22. The number of rotatable bonds is 2. The van der Waals surface area contributed by atoms with Gasteiger partial charge in [0.1, 0.15) is 0 Å². The first-order valence-corrected chi connectivity index (χ1v) is 7.05. The van der Waals surface area contributed by atoms with Crippen molar-refractivity contribution in [2.24, 2.45) is 0 Å². The highest BCUT2D eigenvalue weighted by molar-refractivity contribution is 9.10. The minimum atomic E-state index is 0.243. The van der Waals surface area contributed by atoms with Crippen LogP contribution in [0, 0.1) is 0 Å². The van der Waals surface area contributed by atoms with Gasteiger partial charge >= 0.3 is 0 Å². The van der Waals surface area contributed by atoms with E-state index in [0.717, 1.165) is 17.3 Å². The van der Waals surface area contributed by atoms with E-state index in [1.165, 1.54) is 30.4 Å². The van der Waals surface area contributed by atoms with Crippen LogP contribution in [0.4, 0.5) is 0 Å². The first-order valence-electron chi connectivity index (χ1n) is 5.82. The fraction of sp³-hybridized carbons (Fsp3) is 0.429. The number of halogens is 2. The Bertz CT molecular complexity index is 367. The van der Waals surface area contributed by atoms with Gasteiger partial charge in [-0.15, -0.1) is 11.6 Å². The molecule has 1 unspecified atom stereocenters. The lowest BCUT2D eigenvalue weighted by atomic mass is 10.0. The summed E-state index contributed by atoms with van der Waals surface area (Å²) in [6.45, 7) is 0. The normalized spacial score (nSPS) is 21.4. The predicted molar refractivity (Wildman–Crippen MR) is 74.0 cm³/mol. The summed E-state index contributed by atoms with van der Waals surface area (Å²) < 4.78 is 1.14. The van der Waals surface area contributed by atoms with Gasteiger partial charge in [0.2, 0.25) is 0 Å². The third-order valence-electron chi connectivity index (χ3n) is 2.99. The molecule has 0 bridgehead atoms. The van der Waals surface area contributed by atoms with Crippen molar-refractivity contribution >= 4 is 27.5 Å². The van der Waals surface area contributed by atoms with E-state index in [1.807, 2.05) is 0 Å². The van der Waals surface area contributed by atoms with Gasteiger partial charge in [0, 0.05) is 4.47 Å². The summed E-state index contributed by atoms with van der Waals surface area (Å²) in [6, 6.07) is 8.56. The smallest absolute Gasteiger partial charge is 0.0518 e. The largest absolute Gasteiger partial charge is 0.118 e. The molecule has 0 saturated carbocycles. The molecule has 1 aliphatic carbocycles. The predicted octanol–water partition coefficient (Wildman–Crippen LogP) is 5.10. The number of alkyl halides is 1. The summed E-state index contributed by atoms with van der Waals surface area (Å²) >= 11 is 9.68. The Morgan fingerprint density at radius 1 is 1.19 bits per heavy atom. The van der Waals surface area contributed by atoms with Crippen molar-refractivity contribution in [1.82, 2.24) is 0 Å². The molecule has 1 aliphatic rings. The lowest BCUT2D eigenvalue weighted by Crippen LogP contribution is -1.94. The molecule has 0 N–H and O–H groups in total. The zero-order chi connectivity index (χ0) is 11.4. The first kappa shape index (κ1) is 12.2. The highest BCUT2D eigenvalue weighted by atomic mass is 79.9.